The maximum atomic E-state index is 10.4. The Hall–Kier alpha value is -0.910. The lowest BCUT2D eigenvalue weighted by molar-refractivity contribution is -0.137. The van der Waals surface area contributed by atoms with Crippen molar-refractivity contribution in [1.82, 2.24) is 5.32 Å². The van der Waals surface area contributed by atoms with Gasteiger partial charge in [0.25, 0.3) is 0 Å². The van der Waals surface area contributed by atoms with Gasteiger partial charge in [0.1, 0.15) is 0 Å². The Morgan fingerprint density at radius 3 is 2.94 bits per heavy atom. The van der Waals surface area contributed by atoms with Crippen molar-refractivity contribution in [3.05, 3.63) is 33.8 Å². The first-order valence-corrected chi connectivity index (χ1v) is 6.21. The fraction of sp³-hybridized carbons (Fsp3) is 0.417. The molecule has 17 heavy (non-hydrogen) atoms. The predicted octanol–water partition coefficient (Wildman–Crippen LogP) is 1.65. The number of benzene rings is 1. The summed E-state index contributed by atoms with van der Waals surface area (Å²) in [5.41, 5.74) is 8.04. The molecule has 4 nitrogen and oxygen atoms in total. The Balaban J connectivity index is 2.40. The molecule has 1 rings (SSSR count). The van der Waals surface area contributed by atoms with Gasteiger partial charge in [0.15, 0.2) is 0 Å². The Bertz CT molecular complexity index is 396. The molecular formula is C12H17BrN2O2. The summed E-state index contributed by atoms with van der Waals surface area (Å²) >= 11 is 3.42. The highest BCUT2D eigenvalue weighted by Gasteiger charge is 2.07. The van der Waals surface area contributed by atoms with Gasteiger partial charge in [0.2, 0.25) is 0 Å². The monoisotopic (exact) mass is 300 g/mol. The van der Waals surface area contributed by atoms with E-state index in [9.17, 15) is 4.79 Å². The molecule has 0 spiro atoms. The molecule has 1 aromatic carbocycles. The van der Waals surface area contributed by atoms with E-state index in [0.29, 0.717) is 13.1 Å². The van der Waals surface area contributed by atoms with Crippen LogP contribution >= 0.6 is 15.9 Å². The highest BCUT2D eigenvalue weighted by Crippen LogP contribution is 2.15. The number of carboxylic acid groups (broad SMARTS) is 1. The number of aryl methyl sites for hydroxylation is 1. The van der Waals surface area contributed by atoms with E-state index in [-0.39, 0.29) is 12.5 Å². The SMILES string of the molecule is Cc1ccc(Br)cc1CNCC(N)CC(=O)O. The van der Waals surface area contributed by atoms with Crippen molar-refractivity contribution < 1.29 is 9.90 Å². The van der Waals surface area contributed by atoms with E-state index in [4.69, 9.17) is 10.8 Å². The molecule has 0 amide bonds. The van der Waals surface area contributed by atoms with Crippen LogP contribution in [0.3, 0.4) is 0 Å². The number of rotatable bonds is 6. The van der Waals surface area contributed by atoms with E-state index in [0.717, 1.165) is 4.47 Å². The molecule has 0 aromatic heterocycles. The Morgan fingerprint density at radius 1 is 1.59 bits per heavy atom. The van der Waals surface area contributed by atoms with Gasteiger partial charge >= 0.3 is 5.97 Å². The van der Waals surface area contributed by atoms with Gasteiger partial charge in [-0.1, -0.05) is 22.0 Å². The van der Waals surface area contributed by atoms with E-state index < -0.39 is 5.97 Å². The minimum absolute atomic E-state index is 0.00946. The Labute approximate surface area is 109 Å². The molecule has 0 heterocycles. The maximum absolute atomic E-state index is 10.4. The van der Waals surface area contributed by atoms with Gasteiger partial charge in [-0.05, 0) is 30.2 Å². The molecule has 0 fully saturated rings. The lowest BCUT2D eigenvalue weighted by Crippen LogP contribution is -2.35. The van der Waals surface area contributed by atoms with Crippen molar-refractivity contribution in [2.75, 3.05) is 6.54 Å². The summed E-state index contributed by atoms with van der Waals surface area (Å²) in [6.45, 7) is 3.23. The molecule has 0 aliphatic carbocycles. The lowest BCUT2D eigenvalue weighted by Gasteiger charge is -2.12. The summed E-state index contributed by atoms with van der Waals surface area (Å²) < 4.78 is 1.04. The molecule has 1 unspecified atom stereocenters. The first kappa shape index (κ1) is 14.2. The van der Waals surface area contributed by atoms with Crippen LogP contribution in [-0.2, 0) is 11.3 Å². The van der Waals surface area contributed by atoms with Crippen molar-refractivity contribution in [2.45, 2.75) is 25.9 Å². The van der Waals surface area contributed by atoms with Crippen molar-refractivity contribution in [3.8, 4) is 0 Å². The number of hydrogen-bond donors (Lipinski definition) is 3. The van der Waals surface area contributed by atoms with Gasteiger partial charge in [0.05, 0.1) is 6.42 Å². The number of carboxylic acids is 1. The van der Waals surface area contributed by atoms with E-state index in [1.165, 1.54) is 11.1 Å². The quantitative estimate of drug-likeness (QED) is 0.747. The summed E-state index contributed by atoms with van der Waals surface area (Å²) in [7, 11) is 0. The fourth-order valence-electron chi connectivity index (χ4n) is 1.52. The zero-order chi connectivity index (χ0) is 12.8. The highest BCUT2D eigenvalue weighted by molar-refractivity contribution is 9.10. The van der Waals surface area contributed by atoms with Gasteiger partial charge in [-0.2, -0.15) is 0 Å². The van der Waals surface area contributed by atoms with Crippen LogP contribution in [0.4, 0.5) is 0 Å². The van der Waals surface area contributed by atoms with Crippen LogP contribution in [0.15, 0.2) is 22.7 Å². The summed E-state index contributed by atoms with van der Waals surface area (Å²) in [5, 5.41) is 11.7. The first-order chi connectivity index (χ1) is 7.99. The summed E-state index contributed by atoms with van der Waals surface area (Å²) in [6.07, 6.45) is -0.00946. The molecule has 4 N–H and O–H groups in total. The number of hydrogen-bond acceptors (Lipinski definition) is 3. The van der Waals surface area contributed by atoms with Crippen molar-refractivity contribution in [3.63, 3.8) is 0 Å². The number of nitrogens with one attached hydrogen (secondary N) is 1. The molecule has 1 aromatic rings. The van der Waals surface area contributed by atoms with Crippen LogP contribution in [-0.4, -0.2) is 23.7 Å². The number of nitrogens with two attached hydrogens (primary N) is 1. The van der Waals surface area contributed by atoms with E-state index in [1.54, 1.807) is 0 Å². The molecule has 0 aliphatic heterocycles. The van der Waals surface area contributed by atoms with Crippen LogP contribution in [0.2, 0.25) is 0 Å². The standard InChI is InChI=1S/C12H17BrN2O2/c1-8-2-3-10(13)4-9(8)6-15-7-11(14)5-12(16)17/h2-4,11,15H,5-7,14H2,1H3,(H,16,17). The molecular weight excluding hydrogens is 284 g/mol. The fourth-order valence-corrected chi connectivity index (χ4v) is 1.93. The molecule has 0 radical (unpaired) electrons. The van der Waals surface area contributed by atoms with Gasteiger partial charge in [0, 0.05) is 23.6 Å². The van der Waals surface area contributed by atoms with Crippen LogP contribution in [0, 0.1) is 6.92 Å². The molecule has 0 aliphatic rings. The van der Waals surface area contributed by atoms with E-state index in [2.05, 4.69) is 21.2 Å². The lowest BCUT2D eigenvalue weighted by atomic mass is 10.1. The highest BCUT2D eigenvalue weighted by atomic mass is 79.9. The molecule has 1 atom stereocenters. The van der Waals surface area contributed by atoms with Crippen molar-refractivity contribution in [1.29, 1.82) is 0 Å². The summed E-state index contributed by atoms with van der Waals surface area (Å²) in [5.74, 6) is -0.863. The molecule has 5 heteroatoms. The zero-order valence-corrected chi connectivity index (χ0v) is 11.3. The third-order valence-electron chi connectivity index (χ3n) is 2.47. The summed E-state index contributed by atoms with van der Waals surface area (Å²) in [6, 6.07) is 5.73. The van der Waals surface area contributed by atoms with Gasteiger partial charge in [-0.3, -0.25) is 4.79 Å². The van der Waals surface area contributed by atoms with Gasteiger partial charge in [-0.15, -0.1) is 0 Å². The van der Waals surface area contributed by atoms with Crippen LogP contribution in [0.1, 0.15) is 17.5 Å². The number of halogens is 1. The molecule has 0 saturated heterocycles. The zero-order valence-electron chi connectivity index (χ0n) is 9.74. The van der Waals surface area contributed by atoms with Gasteiger partial charge < -0.3 is 16.2 Å². The van der Waals surface area contributed by atoms with Crippen LogP contribution in [0.5, 0.6) is 0 Å². The molecule has 0 bridgehead atoms. The Kier molecular flexibility index (Phi) is 5.61. The first-order valence-electron chi connectivity index (χ1n) is 5.42. The van der Waals surface area contributed by atoms with Crippen molar-refractivity contribution in [2.24, 2.45) is 5.73 Å². The second kappa shape index (κ2) is 6.74. The van der Waals surface area contributed by atoms with Crippen LogP contribution in [0.25, 0.3) is 0 Å². The summed E-state index contributed by atoms with van der Waals surface area (Å²) in [4.78, 5) is 10.4. The third-order valence-corrected chi connectivity index (χ3v) is 2.96. The smallest absolute Gasteiger partial charge is 0.304 e. The number of aliphatic carboxylic acids is 1. The van der Waals surface area contributed by atoms with Crippen LogP contribution < -0.4 is 11.1 Å². The average Bonchev–Trinajstić information content (AvgIpc) is 2.22. The Morgan fingerprint density at radius 2 is 2.29 bits per heavy atom. The predicted molar refractivity (Wildman–Crippen MR) is 70.8 cm³/mol. The topological polar surface area (TPSA) is 75.3 Å². The molecule has 0 saturated carbocycles. The largest absolute Gasteiger partial charge is 0.481 e. The normalized spacial score (nSPS) is 12.4. The second-order valence-electron chi connectivity index (χ2n) is 4.06. The van der Waals surface area contributed by atoms with E-state index >= 15 is 0 Å². The average molecular weight is 301 g/mol. The van der Waals surface area contributed by atoms with Gasteiger partial charge in [-0.25, -0.2) is 0 Å². The molecule has 94 valence electrons. The minimum atomic E-state index is -0.863. The third kappa shape index (κ3) is 5.30. The number of carbonyl (C=O) groups is 1. The van der Waals surface area contributed by atoms with E-state index in [1.807, 2.05) is 25.1 Å². The maximum Gasteiger partial charge on any atom is 0.304 e. The minimum Gasteiger partial charge on any atom is -0.481 e. The second-order valence-corrected chi connectivity index (χ2v) is 4.98. The van der Waals surface area contributed by atoms with Crippen molar-refractivity contribution >= 4 is 21.9 Å².